The Bertz CT molecular complexity index is 393. The fourth-order valence-electron chi connectivity index (χ4n) is 1.51. The van der Waals surface area contributed by atoms with Crippen LogP contribution in [0.4, 0.5) is 4.39 Å². The summed E-state index contributed by atoms with van der Waals surface area (Å²) < 4.78 is 18.6. The third-order valence-corrected chi connectivity index (χ3v) is 2.75. The largest absolute Gasteiger partial charge is 0.494 e. The molecule has 0 saturated carbocycles. The number of methoxy groups -OCH3 is 1. The normalized spacial score (nSPS) is 12.2. The maximum absolute atomic E-state index is 13.8. The van der Waals surface area contributed by atoms with E-state index in [1.807, 2.05) is 6.92 Å². The lowest BCUT2D eigenvalue weighted by atomic mass is 9.99. The van der Waals surface area contributed by atoms with E-state index in [9.17, 15) is 9.18 Å². The van der Waals surface area contributed by atoms with Crippen LogP contribution < -0.4 is 10.5 Å². The van der Waals surface area contributed by atoms with Crippen LogP contribution in [-0.2, 0) is 0 Å². The fourth-order valence-corrected chi connectivity index (χ4v) is 1.51. The Balaban J connectivity index is 2.75. The Morgan fingerprint density at radius 3 is 2.82 bits per heavy atom. The van der Waals surface area contributed by atoms with Crippen LogP contribution in [0.1, 0.15) is 30.1 Å². The van der Waals surface area contributed by atoms with E-state index in [1.165, 1.54) is 19.2 Å². The second-order valence-corrected chi connectivity index (χ2v) is 4.12. The Morgan fingerprint density at radius 2 is 2.24 bits per heavy atom. The van der Waals surface area contributed by atoms with Gasteiger partial charge in [0.1, 0.15) is 0 Å². The first-order valence-corrected chi connectivity index (χ1v) is 5.66. The molecule has 1 unspecified atom stereocenters. The molecule has 1 atom stereocenters. The van der Waals surface area contributed by atoms with Crippen molar-refractivity contribution >= 4 is 5.78 Å². The maximum Gasteiger partial charge on any atom is 0.175 e. The summed E-state index contributed by atoms with van der Waals surface area (Å²) in [5.74, 6) is -0.419. The second-order valence-electron chi connectivity index (χ2n) is 4.12. The van der Waals surface area contributed by atoms with Crippen LogP contribution in [0.25, 0.3) is 0 Å². The summed E-state index contributed by atoms with van der Waals surface area (Å²) in [6.45, 7) is 2.50. The molecule has 0 bridgehead atoms. The smallest absolute Gasteiger partial charge is 0.175 e. The third kappa shape index (κ3) is 3.53. The fraction of sp³-hybridized carbons (Fsp3) is 0.462. The van der Waals surface area contributed by atoms with E-state index < -0.39 is 5.82 Å². The van der Waals surface area contributed by atoms with Gasteiger partial charge in [-0.25, -0.2) is 4.39 Å². The summed E-state index contributed by atoms with van der Waals surface area (Å²) in [4.78, 5) is 11.8. The van der Waals surface area contributed by atoms with Gasteiger partial charge in [0.05, 0.1) is 12.7 Å². The minimum absolute atomic E-state index is 0.0913. The van der Waals surface area contributed by atoms with Crippen LogP contribution in [-0.4, -0.2) is 19.4 Å². The topological polar surface area (TPSA) is 52.3 Å². The zero-order valence-corrected chi connectivity index (χ0v) is 10.2. The molecule has 0 amide bonds. The summed E-state index contributed by atoms with van der Waals surface area (Å²) in [5.41, 5.74) is 5.56. The lowest BCUT2D eigenvalue weighted by Gasteiger charge is -2.09. The number of carbonyl (C=O) groups is 1. The summed E-state index contributed by atoms with van der Waals surface area (Å²) >= 11 is 0. The van der Waals surface area contributed by atoms with Crippen molar-refractivity contribution in [2.75, 3.05) is 13.7 Å². The molecule has 0 fully saturated rings. The second kappa shape index (κ2) is 6.35. The average Bonchev–Trinajstić information content (AvgIpc) is 2.35. The van der Waals surface area contributed by atoms with Gasteiger partial charge in [-0.1, -0.05) is 13.0 Å². The highest BCUT2D eigenvalue weighted by atomic mass is 19.1. The lowest BCUT2D eigenvalue weighted by molar-refractivity contribution is 0.0970. The van der Waals surface area contributed by atoms with Gasteiger partial charge in [0.25, 0.3) is 0 Å². The molecule has 0 aliphatic carbocycles. The highest BCUT2D eigenvalue weighted by Gasteiger charge is 2.15. The van der Waals surface area contributed by atoms with Gasteiger partial charge in [0, 0.05) is 6.42 Å². The Labute approximate surface area is 101 Å². The number of hydrogen-bond acceptors (Lipinski definition) is 3. The van der Waals surface area contributed by atoms with Gasteiger partial charge >= 0.3 is 0 Å². The van der Waals surface area contributed by atoms with Crippen molar-refractivity contribution in [3.8, 4) is 5.75 Å². The van der Waals surface area contributed by atoms with Gasteiger partial charge in [0.15, 0.2) is 17.3 Å². The van der Waals surface area contributed by atoms with Crippen LogP contribution >= 0.6 is 0 Å². The predicted octanol–water partition coefficient (Wildman–Crippen LogP) is 2.39. The first kappa shape index (κ1) is 13.6. The molecule has 0 aliphatic heterocycles. The molecule has 1 rings (SSSR count). The van der Waals surface area contributed by atoms with E-state index in [4.69, 9.17) is 10.5 Å². The van der Waals surface area contributed by atoms with Gasteiger partial charge in [0.2, 0.25) is 0 Å². The van der Waals surface area contributed by atoms with E-state index >= 15 is 0 Å². The molecule has 4 heteroatoms. The Morgan fingerprint density at radius 1 is 1.53 bits per heavy atom. The van der Waals surface area contributed by atoms with Gasteiger partial charge in [-0.3, -0.25) is 4.79 Å². The predicted molar refractivity (Wildman–Crippen MR) is 64.7 cm³/mol. The minimum Gasteiger partial charge on any atom is -0.494 e. The molecule has 17 heavy (non-hydrogen) atoms. The summed E-state index contributed by atoms with van der Waals surface area (Å²) in [6.07, 6.45) is 0.981. The molecule has 1 aromatic rings. The molecule has 94 valence electrons. The molecule has 3 nitrogen and oxygen atoms in total. The highest BCUT2D eigenvalue weighted by molar-refractivity contribution is 5.96. The zero-order chi connectivity index (χ0) is 12.8. The molecular weight excluding hydrogens is 221 g/mol. The number of carbonyl (C=O) groups excluding carboxylic acids is 1. The number of halogens is 1. The molecule has 0 saturated heterocycles. The van der Waals surface area contributed by atoms with Crippen LogP contribution in [0.15, 0.2) is 18.2 Å². The van der Waals surface area contributed by atoms with Crippen molar-refractivity contribution in [2.24, 2.45) is 11.7 Å². The van der Waals surface area contributed by atoms with Crippen molar-refractivity contribution in [3.05, 3.63) is 29.6 Å². The summed E-state index contributed by atoms with van der Waals surface area (Å²) in [5, 5.41) is 0. The molecule has 0 heterocycles. The first-order chi connectivity index (χ1) is 8.10. The van der Waals surface area contributed by atoms with Crippen LogP contribution in [0.5, 0.6) is 5.75 Å². The Kier molecular flexibility index (Phi) is 5.10. The zero-order valence-electron chi connectivity index (χ0n) is 10.2. The monoisotopic (exact) mass is 239 g/mol. The highest BCUT2D eigenvalue weighted by Crippen LogP contribution is 2.21. The molecule has 2 N–H and O–H groups in total. The number of ketones is 1. The molecule has 0 aliphatic rings. The number of rotatable bonds is 6. The average molecular weight is 239 g/mol. The molecule has 1 aromatic carbocycles. The van der Waals surface area contributed by atoms with Crippen molar-refractivity contribution in [1.29, 1.82) is 0 Å². The van der Waals surface area contributed by atoms with Gasteiger partial charge in [-0.15, -0.1) is 0 Å². The van der Waals surface area contributed by atoms with Crippen LogP contribution in [0.2, 0.25) is 0 Å². The van der Waals surface area contributed by atoms with Crippen molar-refractivity contribution in [1.82, 2.24) is 0 Å². The molecular formula is C13H18FNO2. The van der Waals surface area contributed by atoms with E-state index in [0.717, 1.165) is 0 Å². The molecule has 0 radical (unpaired) electrons. The summed E-state index contributed by atoms with van der Waals surface area (Å²) in [7, 11) is 1.38. The number of ether oxygens (including phenoxy) is 1. The van der Waals surface area contributed by atoms with Gasteiger partial charge < -0.3 is 10.5 Å². The van der Waals surface area contributed by atoms with E-state index in [-0.39, 0.29) is 23.0 Å². The molecule has 0 aromatic heterocycles. The lowest BCUT2D eigenvalue weighted by Crippen LogP contribution is -2.13. The quantitative estimate of drug-likeness (QED) is 0.775. The molecule has 0 spiro atoms. The third-order valence-electron chi connectivity index (χ3n) is 2.75. The maximum atomic E-state index is 13.8. The SMILES string of the molecule is COc1cccc(C(=O)CCC(C)CN)c1F. The number of benzene rings is 1. The number of Topliss-reactive ketones (excluding diaryl/α,β-unsaturated/α-hetero) is 1. The van der Waals surface area contributed by atoms with Crippen LogP contribution in [0.3, 0.4) is 0 Å². The van der Waals surface area contributed by atoms with Crippen molar-refractivity contribution in [3.63, 3.8) is 0 Å². The van der Waals surface area contributed by atoms with Crippen molar-refractivity contribution < 1.29 is 13.9 Å². The van der Waals surface area contributed by atoms with E-state index in [2.05, 4.69) is 0 Å². The van der Waals surface area contributed by atoms with Gasteiger partial charge in [-0.05, 0) is 31.0 Å². The van der Waals surface area contributed by atoms with Gasteiger partial charge in [-0.2, -0.15) is 0 Å². The van der Waals surface area contributed by atoms with Crippen LogP contribution in [0, 0.1) is 11.7 Å². The number of hydrogen-bond donors (Lipinski definition) is 1. The first-order valence-electron chi connectivity index (χ1n) is 5.66. The standard InChI is InChI=1S/C13H18FNO2/c1-9(8-15)6-7-11(16)10-4-3-5-12(17-2)13(10)14/h3-5,9H,6-8,15H2,1-2H3. The summed E-state index contributed by atoms with van der Waals surface area (Å²) in [6, 6.07) is 4.59. The Hall–Kier alpha value is -1.42. The van der Waals surface area contributed by atoms with E-state index in [1.54, 1.807) is 6.07 Å². The number of nitrogens with two attached hydrogens (primary N) is 1. The van der Waals surface area contributed by atoms with Crippen molar-refractivity contribution in [2.45, 2.75) is 19.8 Å². The van der Waals surface area contributed by atoms with E-state index in [0.29, 0.717) is 19.4 Å². The minimum atomic E-state index is -0.583.